The molecule has 12 aromatic rings. The third kappa shape index (κ3) is 9.31. The minimum absolute atomic E-state index is 0. The standard InChI is InChI=1S/C51H39N2O.C16H19N2.Ir/c1-31(2)42-28-38(35-23-21-34(22-24-35)33-13-6-5-7-14-33)29-43(32(3)4)49(42)53-47-20-11-10-19-46(47)52-51(53)41-18-12-17-40-45-27-37-26-25-36-15-8-9-16-39(36)44(37)30-48(45)54-50(40)41;1-11-6-8-13(9-7-11)15-17-10-12(2)14(18-15)16(3,4)5;/h5-17,19-32H,1-4H3;6-8,10H,1-5H3;/q2*-1;/i;1D3,2D3;. The Kier molecular flexibility index (Phi) is 11.4. The van der Waals surface area contributed by atoms with Gasteiger partial charge in [0.2, 0.25) is 0 Å². The molecule has 0 spiro atoms. The number of fused-ring (bicyclic) bond motifs is 7. The van der Waals surface area contributed by atoms with Gasteiger partial charge < -0.3 is 8.98 Å². The van der Waals surface area contributed by atoms with E-state index >= 15 is 0 Å². The molecule has 12 rings (SSSR count). The predicted octanol–water partition coefficient (Wildman–Crippen LogP) is 18.1. The number of hydrogen-bond donors (Lipinski definition) is 0. The van der Waals surface area contributed by atoms with Crippen molar-refractivity contribution >= 4 is 54.5 Å². The minimum Gasteiger partial charge on any atom is -0.501 e. The van der Waals surface area contributed by atoms with E-state index in [1.165, 1.54) is 78.9 Å². The van der Waals surface area contributed by atoms with Gasteiger partial charge in [-0.15, -0.1) is 53.6 Å². The Morgan fingerprint density at radius 1 is 0.603 bits per heavy atom. The van der Waals surface area contributed by atoms with Gasteiger partial charge in [-0.2, -0.15) is 0 Å². The topological polar surface area (TPSA) is 56.7 Å². The molecule has 3 aromatic heterocycles. The van der Waals surface area contributed by atoms with Crippen molar-refractivity contribution in [1.29, 1.82) is 0 Å². The van der Waals surface area contributed by atoms with Gasteiger partial charge in [0.15, 0.2) is 0 Å². The van der Waals surface area contributed by atoms with Crippen LogP contribution in [0.3, 0.4) is 0 Å². The van der Waals surface area contributed by atoms with Crippen molar-refractivity contribution in [3.63, 3.8) is 0 Å². The largest absolute Gasteiger partial charge is 0.501 e. The molecule has 0 N–H and O–H groups in total. The number of nitrogens with zero attached hydrogens (tertiary/aromatic N) is 4. The molecule has 363 valence electrons. The zero-order valence-electron chi connectivity index (χ0n) is 47.9. The van der Waals surface area contributed by atoms with E-state index in [0.717, 1.165) is 44.4 Å². The average molecular weight is 1130 g/mol. The summed E-state index contributed by atoms with van der Waals surface area (Å²) in [6, 6.07) is 65.4. The van der Waals surface area contributed by atoms with E-state index in [1.807, 2.05) is 26.8 Å². The van der Waals surface area contributed by atoms with Crippen molar-refractivity contribution in [2.24, 2.45) is 0 Å². The molecule has 0 aliphatic carbocycles. The normalized spacial score (nSPS) is 13.3. The molecule has 0 saturated heterocycles. The fraction of sp³-hybridized carbons (Fsp3) is 0.179. The van der Waals surface area contributed by atoms with E-state index in [0.29, 0.717) is 17.1 Å². The zero-order chi connectivity index (χ0) is 54.8. The summed E-state index contributed by atoms with van der Waals surface area (Å²) in [5, 5.41) is 7.00. The molecule has 73 heavy (non-hydrogen) atoms. The number of benzene rings is 9. The van der Waals surface area contributed by atoms with Crippen LogP contribution < -0.4 is 0 Å². The van der Waals surface area contributed by atoms with E-state index < -0.39 is 19.1 Å². The maximum Gasteiger partial charge on any atom is 0.121 e. The molecule has 3 heterocycles. The van der Waals surface area contributed by atoms with Crippen LogP contribution in [0.25, 0.3) is 105 Å². The van der Waals surface area contributed by atoms with E-state index in [1.54, 1.807) is 6.07 Å². The van der Waals surface area contributed by atoms with Crippen molar-refractivity contribution < 1.29 is 32.7 Å². The Balaban J connectivity index is 0.000000238. The summed E-state index contributed by atoms with van der Waals surface area (Å²) in [4.78, 5) is 13.9. The van der Waals surface area contributed by atoms with E-state index in [2.05, 4.69) is 200 Å². The Labute approximate surface area is 450 Å². The van der Waals surface area contributed by atoms with E-state index in [9.17, 15) is 0 Å². The van der Waals surface area contributed by atoms with E-state index in [-0.39, 0.29) is 43.1 Å². The van der Waals surface area contributed by atoms with Crippen LogP contribution in [0.2, 0.25) is 0 Å². The molecule has 0 saturated carbocycles. The fourth-order valence-electron chi connectivity index (χ4n) is 9.95. The summed E-state index contributed by atoms with van der Waals surface area (Å²) in [5.74, 6) is 1.66. The van der Waals surface area contributed by atoms with Gasteiger partial charge in [0.25, 0.3) is 0 Å². The summed E-state index contributed by atoms with van der Waals surface area (Å²) in [5.41, 5.74) is 14.0. The number of para-hydroxylation sites is 2. The number of furan rings is 1. The van der Waals surface area contributed by atoms with Crippen molar-refractivity contribution in [3.05, 3.63) is 216 Å². The van der Waals surface area contributed by atoms with Crippen LogP contribution in [0.1, 0.15) is 96.5 Å². The Hall–Kier alpha value is -7.50. The smallest absolute Gasteiger partial charge is 0.121 e. The van der Waals surface area contributed by atoms with Gasteiger partial charge in [-0.25, -0.2) is 0 Å². The van der Waals surface area contributed by atoms with Gasteiger partial charge in [0.05, 0.1) is 28.3 Å². The molecule has 0 aliphatic heterocycles. The van der Waals surface area contributed by atoms with Gasteiger partial charge in [-0.1, -0.05) is 169 Å². The molecule has 0 atom stereocenters. The average Bonchev–Trinajstić information content (AvgIpc) is 4.03. The number of hydrogen-bond acceptors (Lipinski definition) is 4. The summed E-state index contributed by atoms with van der Waals surface area (Å²) in [6.07, 6.45) is 1.32. The van der Waals surface area contributed by atoms with Crippen molar-refractivity contribution in [2.75, 3.05) is 0 Å². The fourth-order valence-corrected chi connectivity index (χ4v) is 9.95. The molecule has 0 aliphatic rings. The summed E-state index contributed by atoms with van der Waals surface area (Å²) in [7, 11) is 0. The maximum atomic E-state index is 7.65. The quantitative estimate of drug-likeness (QED) is 0.118. The Morgan fingerprint density at radius 2 is 1.29 bits per heavy atom. The second-order valence-electron chi connectivity index (χ2n) is 20.3. The predicted molar refractivity (Wildman–Crippen MR) is 301 cm³/mol. The monoisotopic (exact) mass is 1130 g/mol. The first-order valence-corrected chi connectivity index (χ1v) is 24.6. The molecule has 0 amide bonds. The second kappa shape index (κ2) is 19.8. The molecule has 9 aromatic carbocycles. The van der Waals surface area contributed by atoms with Crippen molar-refractivity contribution in [2.45, 2.75) is 79.4 Å². The van der Waals surface area contributed by atoms with Gasteiger partial charge in [0, 0.05) is 56.7 Å². The molecule has 6 heteroatoms. The first-order valence-electron chi connectivity index (χ1n) is 27.6. The SMILES string of the molecule is CC(C)c1cc(-c2ccc(-c3ccccc3)cc2)cc(C(C)C)c1-n1c(-c2[c-]ccc3c2oc2cc4c(ccc5ccccc54)cc23)nc2ccccc21.[2H]C([2H])([2H])c1c[c-]c(-c2ncc(C([2H])([2H])[2H])c(C(C)(C)C)n2)cc1.[Ir]. The van der Waals surface area contributed by atoms with Crippen LogP contribution >= 0.6 is 0 Å². The van der Waals surface area contributed by atoms with Crippen molar-refractivity contribution in [3.8, 4) is 50.7 Å². The van der Waals surface area contributed by atoms with Crippen LogP contribution in [-0.2, 0) is 25.5 Å². The molecule has 0 fully saturated rings. The summed E-state index contributed by atoms with van der Waals surface area (Å²) in [6.45, 7) is 10.3. The summed E-state index contributed by atoms with van der Waals surface area (Å²) >= 11 is 0. The first kappa shape index (κ1) is 42.0. The van der Waals surface area contributed by atoms with Gasteiger partial charge >= 0.3 is 0 Å². The van der Waals surface area contributed by atoms with Gasteiger partial charge in [0.1, 0.15) is 5.58 Å². The third-order valence-electron chi connectivity index (χ3n) is 13.6. The number of rotatable bonds is 7. The molecular weight excluding hydrogens is 1070 g/mol. The number of aryl methyl sites for hydroxylation is 2. The van der Waals surface area contributed by atoms with Crippen molar-refractivity contribution in [1.82, 2.24) is 19.5 Å². The van der Waals surface area contributed by atoms with Crippen LogP contribution in [0.5, 0.6) is 0 Å². The minimum atomic E-state index is -2.30. The van der Waals surface area contributed by atoms with Crippen LogP contribution in [0.4, 0.5) is 0 Å². The zero-order valence-corrected chi connectivity index (χ0v) is 44.3. The first-order chi connectivity index (χ1) is 37.2. The van der Waals surface area contributed by atoms with Gasteiger partial charge in [-0.05, 0) is 116 Å². The molecular formula is C67H58IrN4O-2. The van der Waals surface area contributed by atoms with Crippen LogP contribution in [0.15, 0.2) is 180 Å². The van der Waals surface area contributed by atoms with E-state index in [4.69, 9.17) is 17.6 Å². The maximum absolute atomic E-state index is 7.65. The molecule has 0 unspecified atom stereocenters. The number of imidazole rings is 1. The van der Waals surface area contributed by atoms with Crippen LogP contribution in [0, 0.1) is 25.8 Å². The molecule has 5 nitrogen and oxygen atoms in total. The summed E-state index contributed by atoms with van der Waals surface area (Å²) < 4.78 is 54.3. The van der Waals surface area contributed by atoms with Crippen LogP contribution in [-0.4, -0.2) is 19.5 Å². The Bertz CT molecular complexity index is 4180. The number of aromatic nitrogens is 4. The second-order valence-corrected chi connectivity index (χ2v) is 20.3. The molecule has 0 bridgehead atoms. The Morgan fingerprint density at radius 3 is 1.99 bits per heavy atom. The molecule has 1 radical (unpaired) electrons. The third-order valence-corrected chi connectivity index (χ3v) is 13.6. The van der Waals surface area contributed by atoms with Gasteiger partial charge in [-0.3, -0.25) is 15.0 Å².